The van der Waals surface area contributed by atoms with E-state index >= 15 is 0 Å². The molecule has 0 aliphatic carbocycles. The quantitative estimate of drug-likeness (QED) is 0.738. The normalized spacial score (nSPS) is 19.1. The van der Waals surface area contributed by atoms with Crippen LogP contribution in [0.15, 0.2) is 24.3 Å². The zero-order valence-corrected chi connectivity index (χ0v) is 10.1. The summed E-state index contributed by atoms with van der Waals surface area (Å²) in [6.45, 7) is 4.04. The third-order valence-corrected chi connectivity index (χ3v) is 2.60. The van der Waals surface area contributed by atoms with Crippen LogP contribution in [0.5, 0.6) is 0 Å². The van der Waals surface area contributed by atoms with E-state index in [1.54, 1.807) is 0 Å². The first-order valence-electron chi connectivity index (χ1n) is 4.64. The molecule has 2 rings (SSSR count). The summed E-state index contributed by atoms with van der Waals surface area (Å²) in [6, 6.07) is 7.55. The number of hydrogen-bond acceptors (Lipinski definition) is 2. The maximum absolute atomic E-state index is 5.92. The molecule has 1 heterocycles. The number of hydrazine groups is 1. The van der Waals surface area contributed by atoms with Gasteiger partial charge >= 0.3 is 0 Å². The fraction of sp³-hybridized carbons (Fsp3) is 0.300. The predicted molar refractivity (Wildman–Crippen MR) is 66.9 cm³/mol. The molecule has 1 aliphatic heterocycles. The summed E-state index contributed by atoms with van der Waals surface area (Å²) in [5.74, 6) is 0. The summed E-state index contributed by atoms with van der Waals surface area (Å²) in [5, 5.41) is 6.34. The number of halogens is 1. The summed E-state index contributed by atoms with van der Waals surface area (Å²) in [6.07, 6.45) is 0. The molecule has 5 heteroatoms. The van der Waals surface area contributed by atoms with Crippen LogP contribution in [0.3, 0.4) is 0 Å². The van der Waals surface area contributed by atoms with Crippen LogP contribution >= 0.6 is 23.8 Å². The van der Waals surface area contributed by atoms with Crippen LogP contribution in [0.25, 0.3) is 0 Å². The molecule has 1 saturated heterocycles. The van der Waals surface area contributed by atoms with Crippen molar-refractivity contribution in [3.8, 4) is 0 Å². The molecule has 80 valence electrons. The van der Waals surface area contributed by atoms with Crippen molar-refractivity contribution in [2.75, 3.05) is 5.01 Å². The van der Waals surface area contributed by atoms with Crippen LogP contribution in [0.1, 0.15) is 13.8 Å². The van der Waals surface area contributed by atoms with Gasteiger partial charge in [-0.1, -0.05) is 17.7 Å². The highest BCUT2D eigenvalue weighted by molar-refractivity contribution is 7.80. The summed E-state index contributed by atoms with van der Waals surface area (Å²) in [4.78, 5) is 0. The van der Waals surface area contributed by atoms with Gasteiger partial charge in [-0.15, -0.1) is 0 Å². The Bertz CT molecular complexity index is 405. The molecule has 0 saturated carbocycles. The molecule has 3 nitrogen and oxygen atoms in total. The maximum atomic E-state index is 5.92. The molecular weight excluding hydrogens is 230 g/mol. The monoisotopic (exact) mass is 241 g/mol. The van der Waals surface area contributed by atoms with E-state index in [4.69, 9.17) is 23.8 Å². The van der Waals surface area contributed by atoms with E-state index in [9.17, 15) is 0 Å². The van der Waals surface area contributed by atoms with Crippen molar-refractivity contribution in [3.63, 3.8) is 0 Å². The second kappa shape index (κ2) is 3.63. The second-order valence-corrected chi connectivity index (χ2v) is 4.81. The van der Waals surface area contributed by atoms with Gasteiger partial charge in [-0.2, -0.15) is 0 Å². The average Bonchev–Trinajstić information content (AvgIpc) is 2.40. The van der Waals surface area contributed by atoms with Crippen LogP contribution in [-0.2, 0) is 0 Å². The van der Waals surface area contributed by atoms with Crippen molar-refractivity contribution in [1.29, 1.82) is 0 Å². The van der Waals surface area contributed by atoms with E-state index in [1.807, 2.05) is 43.1 Å². The van der Waals surface area contributed by atoms with E-state index in [1.165, 1.54) is 0 Å². The van der Waals surface area contributed by atoms with E-state index < -0.39 is 0 Å². The molecule has 0 atom stereocenters. The lowest BCUT2D eigenvalue weighted by atomic mass is 10.3. The molecule has 0 spiro atoms. The van der Waals surface area contributed by atoms with Gasteiger partial charge in [-0.3, -0.25) is 0 Å². The van der Waals surface area contributed by atoms with Crippen molar-refractivity contribution in [2.24, 2.45) is 0 Å². The maximum Gasteiger partial charge on any atom is 0.189 e. The summed E-state index contributed by atoms with van der Waals surface area (Å²) in [7, 11) is 0. The summed E-state index contributed by atoms with van der Waals surface area (Å²) >= 11 is 11.1. The van der Waals surface area contributed by atoms with Gasteiger partial charge in [0.2, 0.25) is 0 Å². The molecule has 2 N–H and O–H groups in total. The van der Waals surface area contributed by atoms with Crippen LogP contribution in [0.4, 0.5) is 5.69 Å². The van der Waals surface area contributed by atoms with Gasteiger partial charge in [0, 0.05) is 5.02 Å². The van der Waals surface area contributed by atoms with Gasteiger partial charge in [-0.05, 0) is 44.3 Å². The molecule has 1 aliphatic rings. The first-order valence-corrected chi connectivity index (χ1v) is 5.42. The Kier molecular flexibility index (Phi) is 2.58. The summed E-state index contributed by atoms with van der Waals surface area (Å²) < 4.78 is 0. The lowest BCUT2D eigenvalue weighted by molar-refractivity contribution is 0.415. The number of rotatable bonds is 1. The Balaban J connectivity index is 2.29. The minimum atomic E-state index is -0.223. The lowest BCUT2D eigenvalue weighted by Gasteiger charge is -2.20. The molecule has 0 amide bonds. The average molecular weight is 242 g/mol. The molecule has 0 aromatic heterocycles. The van der Waals surface area contributed by atoms with E-state index in [2.05, 4.69) is 10.7 Å². The number of thiocarbonyl (C=S) groups is 1. The van der Waals surface area contributed by atoms with Gasteiger partial charge in [0.05, 0.1) is 5.69 Å². The molecule has 15 heavy (non-hydrogen) atoms. The molecular formula is C10H12ClN3S. The highest BCUT2D eigenvalue weighted by Crippen LogP contribution is 2.22. The van der Waals surface area contributed by atoms with Crippen LogP contribution in [-0.4, -0.2) is 10.8 Å². The van der Waals surface area contributed by atoms with Gasteiger partial charge in [0.1, 0.15) is 5.66 Å². The van der Waals surface area contributed by atoms with Crippen LogP contribution in [0.2, 0.25) is 5.02 Å². The standard InChI is InChI=1S/C10H12ClN3S/c1-10(2)12-9(15)14(13-10)8-5-3-4-7(11)6-8/h3-6,13H,1-2H3,(H,12,15). The van der Waals surface area contributed by atoms with Crippen molar-refractivity contribution < 1.29 is 0 Å². The fourth-order valence-corrected chi connectivity index (χ4v) is 2.07. The number of nitrogens with one attached hydrogen (secondary N) is 2. The zero-order chi connectivity index (χ0) is 11.1. The number of nitrogens with zero attached hydrogens (tertiary/aromatic N) is 1. The molecule has 1 aromatic carbocycles. The van der Waals surface area contributed by atoms with E-state index in [0.29, 0.717) is 10.1 Å². The Hall–Kier alpha value is -0.840. The number of anilines is 1. The van der Waals surface area contributed by atoms with Gasteiger partial charge in [0.15, 0.2) is 5.11 Å². The fourth-order valence-electron chi connectivity index (χ4n) is 1.48. The Morgan fingerprint density at radius 1 is 1.40 bits per heavy atom. The molecule has 0 bridgehead atoms. The third kappa shape index (κ3) is 2.22. The molecule has 0 unspecified atom stereocenters. The molecule has 1 fully saturated rings. The Morgan fingerprint density at radius 2 is 2.13 bits per heavy atom. The highest BCUT2D eigenvalue weighted by Gasteiger charge is 2.32. The van der Waals surface area contributed by atoms with Gasteiger partial charge < -0.3 is 5.32 Å². The molecule has 0 radical (unpaired) electrons. The van der Waals surface area contributed by atoms with E-state index in [-0.39, 0.29) is 5.66 Å². The first kappa shape index (κ1) is 10.7. The lowest BCUT2D eigenvalue weighted by Crippen LogP contribution is -2.45. The van der Waals surface area contributed by atoms with Crippen molar-refractivity contribution in [2.45, 2.75) is 19.5 Å². The summed E-state index contributed by atoms with van der Waals surface area (Å²) in [5.41, 5.74) is 3.96. The second-order valence-electron chi connectivity index (χ2n) is 3.98. The topological polar surface area (TPSA) is 27.3 Å². The number of hydrogen-bond donors (Lipinski definition) is 2. The minimum Gasteiger partial charge on any atom is -0.342 e. The smallest absolute Gasteiger partial charge is 0.189 e. The van der Waals surface area contributed by atoms with Gasteiger partial charge in [-0.25, -0.2) is 10.4 Å². The van der Waals surface area contributed by atoms with Crippen molar-refractivity contribution in [1.82, 2.24) is 10.7 Å². The molecule has 1 aromatic rings. The number of benzene rings is 1. The van der Waals surface area contributed by atoms with Crippen LogP contribution in [0, 0.1) is 0 Å². The highest BCUT2D eigenvalue weighted by atomic mass is 35.5. The zero-order valence-electron chi connectivity index (χ0n) is 8.54. The first-order chi connectivity index (χ1) is 6.98. The SMILES string of the molecule is CC1(C)NC(=S)N(c2cccc(Cl)c2)N1. The van der Waals surface area contributed by atoms with Crippen molar-refractivity contribution >= 4 is 34.6 Å². The Morgan fingerprint density at radius 3 is 2.67 bits per heavy atom. The predicted octanol–water partition coefficient (Wildman–Crippen LogP) is 2.28. The van der Waals surface area contributed by atoms with Crippen LogP contribution < -0.4 is 15.8 Å². The largest absolute Gasteiger partial charge is 0.342 e. The van der Waals surface area contributed by atoms with E-state index in [0.717, 1.165) is 5.69 Å². The van der Waals surface area contributed by atoms with Gasteiger partial charge in [0.25, 0.3) is 0 Å². The Labute approximate surface area is 99.4 Å². The third-order valence-electron chi connectivity index (χ3n) is 2.08. The minimum absolute atomic E-state index is 0.223. The van der Waals surface area contributed by atoms with Crippen molar-refractivity contribution in [3.05, 3.63) is 29.3 Å².